The summed E-state index contributed by atoms with van der Waals surface area (Å²) in [5, 5.41) is 4.28. The highest BCUT2D eigenvalue weighted by Crippen LogP contribution is 2.49. The van der Waals surface area contributed by atoms with Crippen LogP contribution < -0.4 is 0 Å². The molecule has 1 atom stereocenters. The highest BCUT2D eigenvalue weighted by Gasteiger charge is 2.56. The molecule has 0 aliphatic carbocycles. The van der Waals surface area contributed by atoms with Gasteiger partial charge in [-0.05, 0) is 52.8 Å². The molecular formula is C20H26N2O2S2. The Hall–Kier alpha value is -1.21. The molecule has 0 saturated carbocycles. The Kier molecular flexibility index (Phi) is 4.72. The standard InChI is InChI=1S/C20H26N2O2S2/c1-16(2)7-10-22-20(18-5-3-4-6-19(18)26(22,23)24)9-11-21(15-20)13-17-8-12-25-14-17/h3-6,8,12,14,16H,7,9-11,13,15H2,1-2H3/t20-/m1/s1. The van der Waals surface area contributed by atoms with Crippen LogP contribution in [0, 0.1) is 5.92 Å². The number of hydrogen-bond acceptors (Lipinski definition) is 4. The number of benzene rings is 1. The second kappa shape index (κ2) is 6.75. The second-order valence-electron chi connectivity index (χ2n) is 7.88. The van der Waals surface area contributed by atoms with Crippen molar-refractivity contribution < 1.29 is 8.42 Å². The molecule has 2 aromatic rings. The van der Waals surface area contributed by atoms with Gasteiger partial charge in [0.25, 0.3) is 0 Å². The van der Waals surface area contributed by atoms with E-state index in [0.29, 0.717) is 17.4 Å². The maximum atomic E-state index is 13.3. The maximum Gasteiger partial charge on any atom is 0.244 e. The highest BCUT2D eigenvalue weighted by molar-refractivity contribution is 7.89. The monoisotopic (exact) mass is 390 g/mol. The van der Waals surface area contributed by atoms with E-state index in [-0.39, 0.29) is 0 Å². The van der Waals surface area contributed by atoms with Crippen LogP contribution in [-0.4, -0.2) is 37.3 Å². The first-order valence-electron chi connectivity index (χ1n) is 9.29. The molecule has 0 bridgehead atoms. The lowest BCUT2D eigenvalue weighted by atomic mass is 9.88. The van der Waals surface area contributed by atoms with Gasteiger partial charge in [0.05, 0.1) is 10.4 Å². The van der Waals surface area contributed by atoms with Gasteiger partial charge in [0.1, 0.15) is 0 Å². The molecule has 1 spiro atoms. The van der Waals surface area contributed by atoms with Crippen molar-refractivity contribution in [3.05, 3.63) is 52.2 Å². The summed E-state index contributed by atoms with van der Waals surface area (Å²) in [6, 6.07) is 9.78. The highest BCUT2D eigenvalue weighted by atomic mass is 32.2. The van der Waals surface area contributed by atoms with Crippen molar-refractivity contribution in [1.82, 2.24) is 9.21 Å². The van der Waals surface area contributed by atoms with Crippen LogP contribution in [0.15, 0.2) is 46.0 Å². The van der Waals surface area contributed by atoms with Crippen molar-refractivity contribution >= 4 is 21.4 Å². The van der Waals surface area contributed by atoms with Crippen LogP contribution in [0.25, 0.3) is 0 Å². The predicted octanol–water partition coefficient (Wildman–Crippen LogP) is 3.90. The Morgan fingerprint density at radius 3 is 2.77 bits per heavy atom. The number of rotatable bonds is 5. The predicted molar refractivity (Wildman–Crippen MR) is 106 cm³/mol. The van der Waals surface area contributed by atoms with Crippen LogP contribution in [0.1, 0.15) is 37.8 Å². The largest absolute Gasteiger partial charge is 0.297 e. The molecule has 140 valence electrons. The average molecular weight is 391 g/mol. The molecule has 3 heterocycles. The van der Waals surface area contributed by atoms with Gasteiger partial charge in [0.2, 0.25) is 10.0 Å². The normalized spacial score (nSPS) is 25.3. The van der Waals surface area contributed by atoms with Crippen molar-refractivity contribution in [2.24, 2.45) is 5.92 Å². The zero-order chi connectivity index (χ0) is 18.4. The fourth-order valence-electron chi connectivity index (χ4n) is 4.34. The van der Waals surface area contributed by atoms with Gasteiger partial charge in [0, 0.05) is 26.2 Å². The number of fused-ring (bicyclic) bond motifs is 2. The van der Waals surface area contributed by atoms with Gasteiger partial charge in [-0.15, -0.1) is 0 Å². The molecule has 0 N–H and O–H groups in total. The lowest BCUT2D eigenvalue weighted by Gasteiger charge is -2.34. The fourth-order valence-corrected chi connectivity index (χ4v) is 7.08. The van der Waals surface area contributed by atoms with Gasteiger partial charge in [-0.3, -0.25) is 4.90 Å². The number of likely N-dealkylation sites (tertiary alicyclic amines) is 1. The van der Waals surface area contributed by atoms with Crippen molar-refractivity contribution in [1.29, 1.82) is 0 Å². The van der Waals surface area contributed by atoms with Gasteiger partial charge in [-0.2, -0.15) is 15.6 Å². The van der Waals surface area contributed by atoms with Crippen LogP contribution in [0.4, 0.5) is 0 Å². The Balaban J connectivity index is 1.69. The van der Waals surface area contributed by atoms with E-state index < -0.39 is 15.6 Å². The molecule has 6 heteroatoms. The molecule has 2 aliphatic rings. The zero-order valence-electron chi connectivity index (χ0n) is 15.4. The second-order valence-corrected chi connectivity index (χ2v) is 10.5. The maximum absolute atomic E-state index is 13.3. The quantitative estimate of drug-likeness (QED) is 0.777. The van der Waals surface area contributed by atoms with E-state index in [1.165, 1.54) is 5.56 Å². The molecule has 0 radical (unpaired) electrons. The minimum Gasteiger partial charge on any atom is -0.297 e. The number of nitrogens with zero attached hydrogens (tertiary/aromatic N) is 2. The van der Waals surface area contributed by atoms with E-state index in [0.717, 1.165) is 38.0 Å². The first-order valence-corrected chi connectivity index (χ1v) is 11.7. The van der Waals surface area contributed by atoms with Crippen LogP contribution in [0.2, 0.25) is 0 Å². The van der Waals surface area contributed by atoms with E-state index in [9.17, 15) is 8.42 Å². The summed E-state index contributed by atoms with van der Waals surface area (Å²) >= 11 is 1.71. The molecule has 0 unspecified atom stereocenters. The Bertz CT molecular complexity index is 877. The van der Waals surface area contributed by atoms with E-state index >= 15 is 0 Å². The fraction of sp³-hybridized carbons (Fsp3) is 0.500. The molecule has 26 heavy (non-hydrogen) atoms. The molecule has 1 aromatic carbocycles. The summed E-state index contributed by atoms with van der Waals surface area (Å²) in [6.07, 6.45) is 1.75. The van der Waals surface area contributed by atoms with Crippen molar-refractivity contribution in [2.75, 3.05) is 19.6 Å². The first kappa shape index (κ1) is 18.2. The molecule has 1 fully saturated rings. The van der Waals surface area contributed by atoms with Gasteiger partial charge >= 0.3 is 0 Å². The van der Waals surface area contributed by atoms with Crippen LogP contribution >= 0.6 is 11.3 Å². The van der Waals surface area contributed by atoms with Gasteiger partial charge in [0.15, 0.2) is 0 Å². The van der Waals surface area contributed by atoms with E-state index in [1.54, 1.807) is 17.4 Å². The zero-order valence-corrected chi connectivity index (χ0v) is 17.0. The molecule has 2 aliphatic heterocycles. The Morgan fingerprint density at radius 1 is 1.23 bits per heavy atom. The summed E-state index contributed by atoms with van der Waals surface area (Å²) in [4.78, 5) is 2.92. The number of sulfonamides is 1. The Labute approximate surface area is 160 Å². The molecule has 1 aromatic heterocycles. The van der Waals surface area contributed by atoms with Crippen molar-refractivity contribution in [2.45, 2.75) is 43.7 Å². The van der Waals surface area contributed by atoms with Crippen LogP contribution in [-0.2, 0) is 22.1 Å². The summed E-state index contributed by atoms with van der Waals surface area (Å²) in [5.41, 5.74) is 1.91. The summed E-state index contributed by atoms with van der Waals surface area (Å²) in [6.45, 7) is 7.50. The smallest absolute Gasteiger partial charge is 0.244 e. The average Bonchev–Trinajstić information content (AvgIpc) is 3.29. The van der Waals surface area contributed by atoms with Gasteiger partial charge < -0.3 is 0 Å². The van der Waals surface area contributed by atoms with Crippen LogP contribution in [0.5, 0.6) is 0 Å². The summed E-state index contributed by atoms with van der Waals surface area (Å²) in [5.74, 6) is 0.481. The first-order chi connectivity index (χ1) is 12.4. The third-order valence-corrected chi connectivity index (χ3v) is 8.41. The molecule has 1 saturated heterocycles. The lowest BCUT2D eigenvalue weighted by Crippen LogP contribution is -2.46. The van der Waals surface area contributed by atoms with E-state index in [4.69, 9.17) is 0 Å². The number of hydrogen-bond donors (Lipinski definition) is 0. The SMILES string of the molecule is CC(C)CCN1[C@@]2(CCN(Cc3ccsc3)C2)c2ccccc2S1(=O)=O. The Morgan fingerprint density at radius 2 is 2.04 bits per heavy atom. The summed E-state index contributed by atoms with van der Waals surface area (Å²) < 4.78 is 28.4. The van der Waals surface area contributed by atoms with Crippen LogP contribution in [0.3, 0.4) is 0 Å². The molecular weight excluding hydrogens is 364 g/mol. The summed E-state index contributed by atoms with van der Waals surface area (Å²) in [7, 11) is -3.41. The molecule has 4 rings (SSSR count). The minimum absolute atomic E-state index is 0.402. The third-order valence-electron chi connectivity index (χ3n) is 5.66. The topological polar surface area (TPSA) is 40.6 Å². The van der Waals surface area contributed by atoms with Gasteiger partial charge in [-0.1, -0.05) is 32.0 Å². The van der Waals surface area contributed by atoms with Crippen molar-refractivity contribution in [3.63, 3.8) is 0 Å². The minimum atomic E-state index is -3.41. The third kappa shape index (κ3) is 2.93. The van der Waals surface area contributed by atoms with Crippen molar-refractivity contribution in [3.8, 4) is 0 Å². The van der Waals surface area contributed by atoms with E-state index in [1.807, 2.05) is 22.5 Å². The molecule has 4 nitrogen and oxygen atoms in total. The number of thiophene rings is 1. The van der Waals surface area contributed by atoms with E-state index in [2.05, 4.69) is 35.6 Å². The molecule has 0 amide bonds. The lowest BCUT2D eigenvalue weighted by molar-refractivity contribution is 0.184. The van der Waals surface area contributed by atoms with Gasteiger partial charge in [-0.25, -0.2) is 8.42 Å².